The van der Waals surface area contributed by atoms with Crippen molar-refractivity contribution in [2.24, 2.45) is 4.99 Å². The van der Waals surface area contributed by atoms with E-state index in [9.17, 15) is 4.79 Å². The van der Waals surface area contributed by atoms with Gasteiger partial charge in [-0.3, -0.25) is 0 Å². The quantitative estimate of drug-likeness (QED) is 0.849. The summed E-state index contributed by atoms with van der Waals surface area (Å²) in [4.78, 5) is 14.9. The van der Waals surface area contributed by atoms with Crippen molar-refractivity contribution in [3.05, 3.63) is 40.4 Å². The zero-order valence-electron chi connectivity index (χ0n) is 7.77. The number of nitrogens with zero attached hydrogens (tertiary/aromatic N) is 1. The molecule has 1 heterocycles. The molecule has 15 heavy (non-hydrogen) atoms. The summed E-state index contributed by atoms with van der Waals surface area (Å²) in [5.74, 6) is -1.00. The molecule has 4 heteroatoms. The van der Waals surface area contributed by atoms with E-state index in [0.29, 0.717) is 12.1 Å². The van der Waals surface area contributed by atoms with Crippen LogP contribution < -0.4 is 0 Å². The number of aliphatic carboxylic acids is 1. The maximum atomic E-state index is 10.8. The standard InChI is InChI=1S/C11H8BrNO2/c12-8-5-4-7-2-1-3-9(11(14)15)13-10(7)6-8/h1,3-6H,2H2,(H,14,15). The molecule has 1 N–H and O–H groups in total. The van der Waals surface area contributed by atoms with Gasteiger partial charge in [-0.25, -0.2) is 9.79 Å². The molecule has 0 bridgehead atoms. The van der Waals surface area contributed by atoms with E-state index in [1.54, 1.807) is 0 Å². The summed E-state index contributed by atoms with van der Waals surface area (Å²) in [6.45, 7) is 0. The van der Waals surface area contributed by atoms with Crippen molar-refractivity contribution in [2.45, 2.75) is 6.42 Å². The molecule has 3 nitrogen and oxygen atoms in total. The molecular weight excluding hydrogens is 258 g/mol. The second-order valence-corrected chi connectivity index (χ2v) is 4.10. The first-order valence-electron chi connectivity index (χ1n) is 4.44. The lowest BCUT2D eigenvalue weighted by Crippen LogP contribution is -2.08. The van der Waals surface area contributed by atoms with Crippen LogP contribution in [0.5, 0.6) is 0 Å². The fraction of sp³-hybridized carbons (Fsp3) is 0.0909. The van der Waals surface area contributed by atoms with Crippen molar-refractivity contribution in [1.29, 1.82) is 0 Å². The Morgan fingerprint density at radius 1 is 1.47 bits per heavy atom. The van der Waals surface area contributed by atoms with Crippen LogP contribution in [-0.4, -0.2) is 16.8 Å². The molecule has 1 aliphatic rings. The van der Waals surface area contributed by atoms with Gasteiger partial charge in [-0.15, -0.1) is 0 Å². The molecule has 1 aromatic rings. The molecule has 2 rings (SSSR count). The van der Waals surface area contributed by atoms with Crippen LogP contribution in [0.2, 0.25) is 0 Å². The van der Waals surface area contributed by atoms with Crippen LogP contribution in [-0.2, 0) is 11.2 Å². The fourth-order valence-corrected chi connectivity index (χ4v) is 1.75. The van der Waals surface area contributed by atoms with Gasteiger partial charge in [0.15, 0.2) is 0 Å². The molecule has 0 spiro atoms. The molecule has 1 aromatic carbocycles. The summed E-state index contributed by atoms with van der Waals surface area (Å²) in [6, 6.07) is 5.69. The third-order valence-corrected chi connectivity index (χ3v) is 2.61. The molecule has 0 radical (unpaired) electrons. The summed E-state index contributed by atoms with van der Waals surface area (Å²) >= 11 is 3.34. The van der Waals surface area contributed by atoms with E-state index < -0.39 is 5.97 Å². The number of carboxylic acid groups (broad SMARTS) is 1. The van der Waals surface area contributed by atoms with E-state index in [2.05, 4.69) is 20.9 Å². The minimum atomic E-state index is -1.00. The molecule has 0 aliphatic carbocycles. The Morgan fingerprint density at radius 3 is 3.00 bits per heavy atom. The number of fused-ring (bicyclic) bond motifs is 1. The number of aliphatic imine (C=N–C) groups is 1. The number of halogens is 1. The van der Waals surface area contributed by atoms with Crippen molar-refractivity contribution in [2.75, 3.05) is 0 Å². The van der Waals surface area contributed by atoms with Gasteiger partial charge in [0.05, 0.1) is 5.69 Å². The number of hydrogen-bond acceptors (Lipinski definition) is 2. The largest absolute Gasteiger partial charge is 0.477 e. The normalized spacial score (nSPS) is 14.1. The lowest BCUT2D eigenvalue weighted by molar-refractivity contribution is -0.129. The zero-order chi connectivity index (χ0) is 10.8. The number of hydrogen-bond donors (Lipinski definition) is 1. The van der Waals surface area contributed by atoms with E-state index >= 15 is 0 Å². The van der Waals surface area contributed by atoms with E-state index in [1.807, 2.05) is 24.3 Å². The van der Waals surface area contributed by atoms with Gasteiger partial charge in [-0.2, -0.15) is 0 Å². The number of benzene rings is 1. The van der Waals surface area contributed by atoms with Gasteiger partial charge < -0.3 is 5.11 Å². The van der Waals surface area contributed by atoms with Gasteiger partial charge in [0.25, 0.3) is 0 Å². The SMILES string of the molecule is O=C(O)C1=Nc2cc(Br)ccc2CC=C1. The molecule has 1 aliphatic heterocycles. The second-order valence-electron chi connectivity index (χ2n) is 3.18. The topological polar surface area (TPSA) is 49.7 Å². The van der Waals surface area contributed by atoms with Crippen molar-refractivity contribution in [3.63, 3.8) is 0 Å². The summed E-state index contributed by atoms with van der Waals surface area (Å²) < 4.78 is 0.900. The molecule has 0 saturated carbocycles. The first-order valence-corrected chi connectivity index (χ1v) is 5.23. The maximum Gasteiger partial charge on any atom is 0.354 e. The molecule has 76 valence electrons. The van der Waals surface area contributed by atoms with Crippen molar-refractivity contribution >= 4 is 33.3 Å². The van der Waals surface area contributed by atoms with Crippen molar-refractivity contribution in [3.8, 4) is 0 Å². The summed E-state index contributed by atoms with van der Waals surface area (Å²) in [5, 5.41) is 8.86. The Kier molecular flexibility index (Phi) is 2.68. The lowest BCUT2D eigenvalue weighted by Gasteiger charge is -2.01. The third kappa shape index (κ3) is 2.15. The van der Waals surface area contributed by atoms with E-state index in [4.69, 9.17) is 5.11 Å². The smallest absolute Gasteiger partial charge is 0.354 e. The van der Waals surface area contributed by atoms with Gasteiger partial charge in [0.1, 0.15) is 5.71 Å². The second kappa shape index (κ2) is 3.98. The van der Waals surface area contributed by atoms with Crippen LogP contribution >= 0.6 is 15.9 Å². The fourth-order valence-electron chi connectivity index (χ4n) is 1.40. The number of rotatable bonds is 1. The molecule has 0 aromatic heterocycles. The van der Waals surface area contributed by atoms with Crippen LogP contribution in [0.25, 0.3) is 0 Å². The van der Waals surface area contributed by atoms with E-state index in [1.165, 1.54) is 6.08 Å². The predicted molar refractivity (Wildman–Crippen MR) is 61.7 cm³/mol. The first-order chi connectivity index (χ1) is 7.16. The highest BCUT2D eigenvalue weighted by Crippen LogP contribution is 2.26. The van der Waals surface area contributed by atoms with Crippen LogP contribution in [0.3, 0.4) is 0 Å². The average Bonchev–Trinajstić information content (AvgIpc) is 2.39. The molecular formula is C11H8BrNO2. The van der Waals surface area contributed by atoms with Gasteiger partial charge >= 0.3 is 5.97 Å². The Bertz CT molecular complexity index is 477. The summed E-state index contributed by atoms with van der Waals surface area (Å²) in [6.07, 6.45) is 4.06. The molecule has 0 amide bonds. The highest BCUT2D eigenvalue weighted by molar-refractivity contribution is 9.10. The Balaban J connectivity index is 2.54. The van der Waals surface area contributed by atoms with Gasteiger partial charge in [0.2, 0.25) is 0 Å². The highest BCUT2D eigenvalue weighted by atomic mass is 79.9. The first kappa shape index (κ1) is 10.1. The summed E-state index contributed by atoms with van der Waals surface area (Å²) in [5.41, 5.74) is 1.82. The number of allylic oxidation sites excluding steroid dienone is 1. The van der Waals surface area contributed by atoms with Crippen LogP contribution in [0.15, 0.2) is 39.8 Å². The molecule has 0 atom stereocenters. The highest BCUT2D eigenvalue weighted by Gasteiger charge is 2.10. The predicted octanol–water partition coefficient (Wildman–Crippen LogP) is 2.72. The lowest BCUT2D eigenvalue weighted by atomic mass is 10.1. The summed E-state index contributed by atoms with van der Waals surface area (Å²) in [7, 11) is 0. The van der Waals surface area contributed by atoms with Crippen LogP contribution in [0, 0.1) is 0 Å². The molecule has 0 saturated heterocycles. The number of carboxylic acids is 1. The van der Waals surface area contributed by atoms with Crippen LogP contribution in [0.1, 0.15) is 5.56 Å². The van der Waals surface area contributed by atoms with Crippen molar-refractivity contribution < 1.29 is 9.90 Å². The minimum absolute atomic E-state index is 0.0758. The van der Waals surface area contributed by atoms with E-state index in [0.717, 1.165) is 10.0 Å². The Labute approximate surface area is 95.3 Å². The molecule has 0 unspecified atom stereocenters. The van der Waals surface area contributed by atoms with Gasteiger partial charge in [-0.1, -0.05) is 28.1 Å². The maximum absolute atomic E-state index is 10.8. The number of carbonyl (C=O) groups is 1. The zero-order valence-corrected chi connectivity index (χ0v) is 9.36. The van der Waals surface area contributed by atoms with Crippen LogP contribution in [0.4, 0.5) is 5.69 Å². The average molecular weight is 266 g/mol. The Morgan fingerprint density at radius 2 is 2.27 bits per heavy atom. The Hall–Kier alpha value is -1.42. The third-order valence-electron chi connectivity index (χ3n) is 2.12. The van der Waals surface area contributed by atoms with Gasteiger partial charge in [-0.05, 0) is 30.2 Å². The monoisotopic (exact) mass is 265 g/mol. The van der Waals surface area contributed by atoms with Gasteiger partial charge in [0, 0.05) is 4.47 Å². The van der Waals surface area contributed by atoms with E-state index in [-0.39, 0.29) is 5.71 Å². The van der Waals surface area contributed by atoms with Crippen molar-refractivity contribution in [1.82, 2.24) is 0 Å². The minimum Gasteiger partial charge on any atom is -0.477 e. The molecule has 0 fully saturated rings.